The molecule has 7 saturated carbocycles. The van der Waals surface area contributed by atoms with E-state index in [9.17, 15) is 57.7 Å². The van der Waals surface area contributed by atoms with Crippen molar-refractivity contribution in [2.75, 3.05) is 183 Å². The summed E-state index contributed by atoms with van der Waals surface area (Å²) in [5.41, 5.74) is 0.0256. The second-order valence-electron chi connectivity index (χ2n) is 38.8. The average Bonchev–Trinajstić information content (AvgIpc) is 1.59. The predicted octanol–water partition coefficient (Wildman–Crippen LogP) is 8.78. The van der Waals surface area contributed by atoms with Gasteiger partial charge in [-0.15, -0.1) is 0 Å². The molecule has 7 aliphatic heterocycles. The van der Waals surface area contributed by atoms with Gasteiger partial charge in [0.1, 0.15) is 5.60 Å². The standard InChI is InChI=1S/C17H24N2O.C14H26N2O2.C13H22F2N2O.C13H24N2O2.C13H24N2O.C11H20N2O2.C11H20N2O/c1-14(2)18-10-12-19(13-11-18)16(20)17(8-9-17)15-6-4-3-5-7-15;1-11(2)15-7-9-16(10-8-15)14(18)12-3-5-13(17)6-4-12;1-10(2)16-5-7-17(8-6-16)12(18)11-3-4-13(14,15)9-11;1-10(2)14-5-7-15(8-6-14)13(17)11-3-4-12(16)9-11;1-11(2)14-7-9-15(10-8-14)13(16)12-5-3-4-6-12;1-9(2)12-5-7-13(8-6-12)10(14)11(15)3-4-11;1-9(2)12-5-7-13(8-6-12)11(14)10-3-4-10/h3-7,14H,8-13H2,1-2H3;11-13,17H,3-10H2,1-2H3;10-11H,3-9H2,1-2H3;10-12,16H,3-9H2,1-2H3;11-12H,3-10H2,1-2H3;9,15H,3-8H2,1-2H3;9-10H,3-8H2,1-2H3. The van der Waals surface area contributed by atoms with Crippen molar-refractivity contribution in [3.8, 4) is 0 Å². The first-order valence-electron chi connectivity index (χ1n) is 46.8. The minimum absolute atomic E-state index is 0.0501. The molecule has 1 aromatic carbocycles. The van der Waals surface area contributed by atoms with E-state index in [1.807, 2.05) is 32.9 Å². The molecular weight excluding hydrogens is 1500 g/mol. The van der Waals surface area contributed by atoms with Gasteiger partial charge < -0.3 is 49.6 Å². The summed E-state index contributed by atoms with van der Waals surface area (Å²) in [6.45, 7) is 56.4. The number of rotatable bonds is 15. The lowest BCUT2D eigenvalue weighted by Crippen LogP contribution is -2.53. The largest absolute Gasteiger partial charge is 0.393 e. The third-order valence-corrected chi connectivity index (χ3v) is 28.2. The number of hydrogen-bond donors (Lipinski definition) is 3. The van der Waals surface area contributed by atoms with Gasteiger partial charge in [-0.2, -0.15) is 0 Å². The zero-order chi connectivity index (χ0) is 85.8. The summed E-state index contributed by atoms with van der Waals surface area (Å²) in [6.07, 6.45) is 15.5. The second-order valence-corrected chi connectivity index (χ2v) is 38.8. The van der Waals surface area contributed by atoms with Crippen molar-refractivity contribution in [1.29, 1.82) is 0 Å². The lowest BCUT2D eigenvalue weighted by Gasteiger charge is -2.39. The number of nitrogens with zero attached hydrogens (tertiary/aromatic N) is 14. The lowest BCUT2D eigenvalue weighted by molar-refractivity contribution is -0.144. The van der Waals surface area contributed by atoms with Crippen LogP contribution in [0.3, 0.4) is 0 Å². The molecule has 3 N–H and O–H groups in total. The number of halogens is 2. The van der Waals surface area contributed by atoms with Crippen molar-refractivity contribution in [3.05, 3.63) is 35.9 Å². The van der Waals surface area contributed by atoms with Crippen LogP contribution in [0.4, 0.5) is 8.78 Å². The quantitative estimate of drug-likeness (QED) is 0.149. The van der Waals surface area contributed by atoms with Gasteiger partial charge in [0.05, 0.1) is 17.6 Å². The van der Waals surface area contributed by atoms with Gasteiger partial charge in [-0.1, -0.05) is 43.2 Å². The average molecular weight is 1660 g/mol. The monoisotopic (exact) mass is 1660 g/mol. The molecule has 14 fully saturated rings. The molecule has 0 aromatic heterocycles. The molecule has 24 nitrogen and oxygen atoms in total. The maximum Gasteiger partial charge on any atom is 0.254 e. The molecule has 3 atom stereocenters. The number of aliphatic hydroxyl groups excluding tert-OH is 2. The SMILES string of the molecule is CC(C)N1CCN(C(=O)C2(O)CC2)CC1.CC(C)N1CCN(C(=O)C2(c3ccccc3)CC2)CC1.CC(C)N1CCN(C(=O)C2CC2)CC1.CC(C)N1CCN(C(=O)C2CCC(F)(F)C2)CC1.CC(C)N1CCN(C(=O)C2CCC(O)C2)CC1.CC(C)N1CCN(C(=O)C2CCC(O)CC2)CC1.CC(C)N1CCN(C(=O)C2CCCC2)CC1. The van der Waals surface area contributed by atoms with Crippen LogP contribution < -0.4 is 0 Å². The fraction of sp³-hybridized carbons (Fsp3) is 0.859. The van der Waals surface area contributed by atoms with Crippen molar-refractivity contribution in [2.24, 2.45) is 29.6 Å². The summed E-state index contributed by atoms with van der Waals surface area (Å²) in [5.74, 6) is -0.412. The first-order valence-corrected chi connectivity index (χ1v) is 46.8. The van der Waals surface area contributed by atoms with E-state index in [0.717, 1.165) is 247 Å². The van der Waals surface area contributed by atoms with Crippen LogP contribution in [0.5, 0.6) is 0 Å². The molecule has 672 valence electrons. The number of carbonyl (C=O) groups excluding carboxylic acids is 7. The van der Waals surface area contributed by atoms with E-state index in [4.69, 9.17) is 0 Å². The topological polar surface area (TPSA) is 226 Å². The Kier molecular flexibility index (Phi) is 37.4. The van der Waals surface area contributed by atoms with Crippen molar-refractivity contribution >= 4 is 41.4 Å². The van der Waals surface area contributed by atoms with E-state index in [1.165, 1.54) is 18.4 Å². The molecule has 7 heterocycles. The molecule has 7 saturated heterocycles. The minimum Gasteiger partial charge on any atom is -0.393 e. The van der Waals surface area contributed by atoms with Gasteiger partial charge in [-0.05, 0) is 205 Å². The van der Waals surface area contributed by atoms with Crippen LogP contribution in [0.2, 0.25) is 0 Å². The van der Waals surface area contributed by atoms with Crippen molar-refractivity contribution in [1.82, 2.24) is 68.6 Å². The highest BCUT2D eigenvalue weighted by molar-refractivity contribution is 5.91. The summed E-state index contributed by atoms with van der Waals surface area (Å²) >= 11 is 0. The number of aliphatic hydroxyl groups is 3. The molecule has 14 aliphatic rings. The van der Waals surface area contributed by atoms with Gasteiger partial charge >= 0.3 is 0 Å². The summed E-state index contributed by atoms with van der Waals surface area (Å²) < 4.78 is 26.2. The fourth-order valence-electron chi connectivity index (χ4n) is 19.1. The zero-order valence-electron chi connectivity index (χ0n) is 75.6. The summed E-state index contributed by atoms with van der Waals surface area (Å²) in [7, 11) is 0. The Hall–Kier alpha value is -5.03. The normalized spacial score (nSPS) is 26.8. The Balaban J connectivity index is 0.000000157. The Morgan fingerprint density at radius 3 is 0.831 bits per heavy atom. The van der Waals surface area contributed by atoms with Gasteiger partial charge in [-0.3, -0.25) is 67.9 Å². The first-order chi connectivity index (χ1) is 56.1. The van der Waals surface area contributed by atoms with E-state index in [0.29, 0.717) is 117 Å². The van der Waals surface area contributed by atoms with Crippen LogP contribution >= 0.6 is 0 Å². The zero-order valence-corrected chi connectivity index (χ0v) is 75.6. The summed E-state index contributed by atoms with van der Waals surface area (Å²) in [4.78, 5) is 116. The summed E-state index contributed by atoms with van der Waals surface area (Å²) in [5, 5.41) is 28.7. The number of amides is 7. The molecule has 7 amide bonds. The van der Waals surface area contributed by atoms with Crippen molar-refractivity contribution in [3.63, 3.8) is 0 Å². The van der Waals surface area contributed by atoms with E-state index in [1.54, 1.807) is 4.90 Å². The van der Waals surface area contributed by atoms with Crippen molar-refractivity contribution < 1.29 is 57.7 Å². The highest BCUT2D eigenvalue weighted by Gasteiger charge is 2.54. The Morgan fingerprint density at radius 1 is 0.305 bits per heavy atom. The van der Waals surface area contributed by atoms with Gasteiger partial charge in [-0.25, -0.2) is 8.78 Å². The van der Waals surface area contributed by atoms with Gasteiger partial charge in [0.25, 0.3) is 5.91 Å². The Labute approximate surface area is 709 Å². The van der Waals surface area contributed by atoms with Crippen LogP contribution in [-0.2, 0) is 39.0 Å². The van der Waals surface area contributed by atoms with Crippen LogP contribution in [0, 0.1) is 29.6 Å². The molecule has 0 spiro atoms. The number of hydrogen-bond acceptors (Lipinski definition) is 17. The number of benzene rings is 1. The number of alkyl halides is 2. The molecule has 1 aromatic rings. The Morgan fingerprint density at radius 2 is 0.568 bits per heavy atom. The maximum atomic E-state index is 13.1. The van der Waals surface area contributed by atoms with Crippen LogP contribution in [0.25, 0.3) is 0 Å². The van der Waals surface area contributed by atoms with Crippen molar-refractivity contribution in [2.45, 2.75) is 297 Å². The maximum absolute atomic E-state index is 13.1. The molecule has 0 bridgehead atoms. The third-order valence-electron chi connectivity index (χ3n) is 28.2. The summed E-state index contributed by atoms with van der Waals surface area (Å²) in [6, 6.07) is 14.3. The molecule has 7 aliphatic carbocycles. The molecule has 15 rings (SSSR count). The van der Waals surface area contributed by atoms with E-state index in [2.05, 4.69) is 158 Å². The predicted molar refractivity (Wildman–Crippen MR) is 463 cm³/mol. The fourth-order valence-corrected chi connectivity index (χ4v) is 19.1. The highest BCUT2D eigenvalue weighted by atomic mass is 19.3. The minimum atomic E-state index is -2.62. The van der Waals surface area contributed by atoms with Gasteiger partial charge in [0.2, 0.25) is 41.4 Å². The molecule has 118 heavy (non-hydrogen) atoms. The second kappa shape index (κ2) is 45.6. The highest BCUT2D eigenvalue weighted by Crippen LogP contribution is 2.50. The Bertz CT molecular complexity index is 3220. The van der Waals surface area contributed by atoms with Crippen LogP contribution in [0.1, 0.15) is 231 Å². The molecule has 0 radical (unpaired) electrons. The number of carbonyl (C=O) groups is 7. The van der Waals surface area contributed by atoms with Crippen LogP contribution in [0.15, 0.2) is 30.3 Å². The lowest BCUT2D eigenvalue weighted by atomic mass is 9.86. The first kappa shape index (κ1) is 96.8. The van der Waals surface area contributed by atoms with Gasteiger partial charge in [0.15, 0.2) is 0 Å². The smallest absolute Gasteiger partial charge is 0.254 e. The molecular formula is C92H160F2N14O10. The van der Waals surface area contributed by atoms with E-state index in [-0.39, 0.29) is 60.0 Å². The molecule has 26 heteroatoms. The number of piperazine rings is 7. The molecule has 3 unspecified atom stereocenters. The third kappa shape index (κ3) is 28.5. The van der Waals surface area contributed by atoms with E-state index >= 15 is 0 Å². The van der Waals surface area contributed by atoms with E-state index < -0.39 is 17.4 Å². The van der Waals surface area contributed by atoms with Gasteiger partial charge in [0, 0.05) is 268 Å². The van der Waals surface area contributed by atoms with Crippen LogP contribution in [-0.4, -0.2) is 375 Å².